The zero-order valence-corrected chi connectivity index (χ0v) is 17.1. The second-order valence-electron chi connectivity index (χ2n) is 8.09. The van der Waals surface area contributed by atoms with E-state index in [0.717, 1.165) is 44.7 Å². The van der Waals surface area contributed by atoms with Gasteiger partial charge in [-0.05, 0) is 36.5 Å². The molecule has 0 saturated carbocycles. The molecule has 0 spiro atoms. The number of hydrogen-bond acceptors (Lipinski definition) is 6. The first kappa shape index (κ1) is 19.0. The third-order valence-corrected chi connectivity index (χ3v) is 6.31. The van der Waals surface area contributed by atoms with Gasteiger partial charge < -0.3 is 15.4 Å². The Hall–Kier alpha value is -2.38. The SMILES string of the molecule is Cc1cn(-c2ccc3c(N)ncnc3c2SCCO)c2c1C(=O)CC(C)(C)C2. The topological polar surface area (TPSA) is 94.0 Å². The number of benzene rings is 1. The van der Waals surface area contributed by atoms with E-state index in [4.69, 9.17) is 5.73 Å². The molecule has 0 atom stereocenters. The molecular formula is C21H24N4O2S. The lowest BCUT2D eigenvalue weighted by atomic mass is 9.75. The predicted octanol–water partition coefficient (Wildman–Crippen LogP) is 3.55. The van der Waals surface area contributed by atoms with Crippen molar-refractivity contribution in [1.82, 2.24) is 14.5 Å². The number of nitrogens with two attached hydrogens (primary N) is 1. The van der Waals surface area contributed by atoms with Crippen molar-refractivity contribution in [1.29, 1.82) is 0 Å². The average Bonchev–Trinajstić information content (AvgIpc) is 2.95. The number of carbonyl (C=O) groups is 1. The number of carbonyl (C=O) groups excluding carboxylic acids is 1. The summed E-state index contributed by atoms with van der Waals surface area (Å²) in [4.78, 5) is 22.3. The van der Waals surface area contributed by atoms with E-state index in [-0.39, 0.29) is 17.8 Å². The number of rotatable bonds is 4. The zero-order chi connectivity index (χ0) is 20.1. The molecule has 0 amide bonds. The molecule has 0 fully saturated rings. The van der Waals surface area contributed by atoms with E-state index in [1.165, 1.54) is 18.1 Å². The Balaban J connectivity index is 1.98. The van der Waals surface area contributed by atoms with Crippen molar-refractivity contribution in [2.24, 2.45) is 5.41 Å². The number of aliphatic hydroxyl groups is 1. The van der Waals surface area contributed by atoms with E-state index in [0.29, 0.717) is 18.0 Å². The summed E-state index contributed by atoms with van der Waals surface area (Å²) in [6, 6.07) is 3.94. The van der Waals surface area contributed by atoms with Crippen molar-refractivity contribution in [2.45, 2.75) is 38.5 Å². The third-order valence-electron chi connectivity index (χ3n) is 5.23. The van der Waals surface area contributed by atoms with E-state index < -0.39 is 0 Å². The fourth-order valence-corrected chi connectivity index (χ4v) is 4.99. The lowest BCUT2D eigenvalue weighted by Crippen LogP contribution is -2.28. The molecule has 6 nitrogen and oxygen atoms in total. The second-order valence-corrected chi connectivity index (χ2v) is 9.19. The molecule has 3 aromatic rings. The van der Waals surface area contributed by atoms with E-state index in [2.05, 4.69) is 28.4 Å². The fraction of sp³-hybridized carbons (Fsp3) is 0.381. The largest absolute Gasteiger partial charge is 0.396 e. The summed E-state index contributed by atoms with van der Waals surface area (Å²) in [5.41, 5.74) is 10.6. The van der Waals surface area contributed by atoms with Crippen molar-refractivity contribution in [2.75, 3.05) is 18.1 Å². The van der Waals surface area contributed by atoms with Crippen LogP contribution in [0.1, 0.15) is 41.9 Å². The Bertz CT molecular complexity index is 1090. The molecule has 146 valence electrons. The fourth-order valence-electron chi connectivity index (χ4n) is 4.09. The number of anilines is 1. The highest BCUT2D eigenvalue weighted by molar-refractivity contribution is 7.99. The van der Waals surface area contributed by atoms with Gasteiger partial charge in [0.25, 0.3) is 0 Å². The van der Waals surface area contributed by atoms with Crippen LogP contribution in [0.5, 0.6) is 0 Å². The standard InChI is InChI=1S/C21H24N4O2S/c1-12-10-25(15-8-21(2,3)9-16(27)17(12)15)14-5-4-13-18(19(14)28-7-6-26)23-11-24-20(13)22/h4-5,10-11,26H,6-9H2,1-3H3,(H2,22,23,24). The van der Waals surface area contributed by atoms with Gasteiger partial charge in [-0.2, -0.15) is 0 Å². The van der Waals surface area contributed by atoms with Crippen LogP contribution >= 0.6 is 11.8 Å². The zero-order valence-electron chi connectivity index (χ0n) is 16.3. The number of aromatic nitrogens is 3. The third kappa shape index (κ3) is 3.08. The lowest BCUT2D eigenvalue weighted by molar-refractivity contribution is 0.0910. The van der Waals surface area contributed by atoms with Gasteiger partial charge >= 0.3 is 0 Å². The van der Waals surface area contributed by atoms with Crippen LogP contribution in [-0.2, 0) is 6.42 Å². The average molecular weight is 397 g/mol. The Labute approximate surface area is 168 Å². The molecule has 28 heavy (non-hydrogen) atoms. The molecule has 1 aliphatic carbocycles. The maximum absolute atomic E-state index is 12.8. The molecule has 7 heteroatoms. The van der Waals surface area contributed by atoms with Crippen LogP contribution in [-0.4, -0.2) is 37.8 Å². The van der Waals surface area contributed by atoms with Crippen LogP contribution in [0.15, 0.2) is 29.6 Å². The first-order valence-electron chi connectivity index (χ1n) is 9.33. The maximum Gasteiger partial charge on any atom is 0.165 e. The van der Waals surface area contributed by atoms with Crippen molar-refractivity contribution in [3.05, 3.63) is 41.5 Å². The molecule has 1 aliphatic rings. The van der Waals surface area contributed by atoms with Crippen molar-refractivity contribution in [3.8, 4) is 5.69 Å². The maximum atomic E-state index is 12.8. The van der Waals surface area contributed by atoms with E-state index in [9.17, 15) is 9.90 Å². The number of aryl methyl sites for hydroxylation is 1. The molecule has 4 rings (SSSR count). The van der Waals surface area contributed by atoms with Gasteiger partial charge in [0.05, 0.1) is 22.7 Å². The minimum atomic E-state index is -0.0749. The number of fused-ring (bicyclic) bond motifs is 2. The van der Waals surface area contributed by atoms with Crippen LogP contribution in [0.2, 0.25) is 0 Å². The Morgan fingerprint density at radius 1 is 1.29 bits per heavy atom. The van der Waals surface area contributed by atoms with Gasteiger partial charge in [0, 0.05) is 35.0 Å². The van der Waals surface area contributed by atoms with Gasteiger partial charge in [-0.25, -0.2) is 9.97 Å². The van der Waals surface area contributed by atoms with Gasteiger partial charge in [-0.1, -0.05) is 13.8 Å². The summed E-state index contributed by atoms with van der Waals surface area (Å²) in [5, 5.41) is 10.2. The summed E-state index contributed by atoms with van der Waals surface area (Å²) in [7, 11) is 0. The molecule has 0 radical (unpaired) electrons. The summed E-state index contributed by atoms with van der Waals surface area (Å²) >= 11 is 1.54. The summed E-state index contributed by atoms with van der Waals surface area (Å²) in [5.74, 6) is 1.19. The smallest absolute Gasteiger partial charge is 0.165 e. The van der Waals surface area contributed by atoms with Crippen LogP contribution < -0.4 is 5.73 Å². The minimum Gasteiger partial charge on any atom is -0.396 e. The second kappa shape index (κ2) is 6.90. The molecule has 3 N–H and O–H groups in total. The van der Waals surface area contributed by atoms with Gasteiger partial charge in [-0.15, -0.1) is 11.8 Å². The molecule has 0 saturated heterocycles. The van der Waals surface area contributed by atoms with Crippen molar-refractivity contribution < 1.29 is 9.90 Å². The molecular weight excluding hydrogens is 372 g/mol. The number of ketones is 1. The number of nitrogen functional groups attached to an aromatic ring is 1. The molecule has 2 heterocycles. The van der Waals surface area contributed by atoms with Gasteiger partial charge in [0.2, 0.25) is 0 Å². The van der Waals surface area contributed by atoms with Gasteiger partial charge in [0.1, 0.15) is 12.1 Å². The van der Waals surface area contributed by atoms with Gasteiger partial charge in [-0.3, -0.25) is 4.79 Å². The Kier molecular flexibility index (Phi) is 4.67. The monoisotopic (exact) mass is 396 g/mol. The van der Waals surface area contributed by atoms with Crippen LogP contribution in [0.4, 0.5) is 5.82 Å². The van der Waals surface area contributed by atoms with Gasteiger partial charge in [0.15, 0.2) is 5.78 Å². The van der Waals surface area contributed by atoms with Crippen LogP contribution in [0.3, 0.4) is 0 Å². The number of Topliss-reactive ketones (excluding diaryl/α,β-unsaturated/α-hetero) is 1. The normalized spacial score (nSPS) is 15.8. The number of aliphatic hydroxyl groups excluding tert-OH is 1. The molecule has 0 aliphatic heterocycles. The summed E-state index contributed by atoms with van der Waals surface area (Å²) in [6.45, 7) is 6.33. The number of hydrogen-bond donors (Lipinski definition) is 2. The Morgan fingerprint density at radius 3 is 2.82 bits per heavy atom. The first-order valence-corrected chi connectivity index (χ1v) is 10.3. The van der Waals surface area contributed by atoms with Crippen molar-refractivity contribution in [3.63, 3.8) is 0 Å². The van der Waals surface area contributed by atoms with Crippen LogP contribution in [0.25, 0.3) is 16.6 Å². The minimum absolute atomic E-state index is 0.0649. The first-order chi connectivity index (χ1) is 13.3. The molecule has 0 unspecified atom stereocenters. The van der Waals surface area contributed by atoms with E-state index >= 15 is 0 Å². The lowest BCUT2D eigenvalue weighted by Gasteiger charge is -2.30. The highest BCUT2D eigenvalue weighted by Crippen LogP contribution is 2.41. The molecule has 0 bridgehead atoms. The van der Waals surface area contributed by atoms with E-state index in [1.54, 1.807) is 0 Å². The quantitative estimate of drug-likeness (QED) is 0.655. The van der Waals surface area contributed by atoms with Crippen LogP contribution in [0, 0.1) is 12.3 Å². The molecule has 1 aromatic carbocycles. The highest BCUT2D eigenvalue weighted by atomic mass is 32.2. The summed E-state index contributed by atoms with van der Waals surface area (Å²) < 4.78 is 2.13. The number of thioether (sulfide) groups is 1. The molecule has 2 aromatic heterocycles. The van der Waals surface area contributed by atoms with E-state index in [1.807, 2.05) is 25.3 Å². The number of nitrogens with zero attached hydrogens (tertiary/aromatic N) is 3. The highest BCUT2D eigenvalue weighted by Gasteiger charge is 2.35. The predicted molar refractivity (Wildman–Crippen MR) is 112 cm³/mol. The summed E-state index contributed by atoms with van der Waals surface area (Å²) in [6.07, 6.45) is 4.90. The Morgan fingerprint density at radius 2 is 2.07 bits per heavy atom. The van der Waals surface area contributed by atoms with Crippen molar-refractivity contribution >= 4 is 34.3 Å².